The van der Waals surface area contributed by atoms with Crippen molar-refractivity contribution in [2.45, 2.75) is 269 Å². The van der Waals surface area contributed by atoms with Crippen LogP contribution in [-0.4, -0.2) is 82.2 Å². The molecule has 1 aliphatic heterocycles. The van der Waals surface area contributed by atoms with Crippen molar-refractivity contribution < 1.29 is 44.2 Å². The summed E-state index contributed by atoms with van der Waals surface area (Å²) < 4.78 is 17.0. The predicted molar refractivity (Wildman–Crippen MR) is 223 cm³/mol. The van der Waals surface area contributed by atoms with E-state index < -0.39 is 43.2 Å². The summed E-state index contributed by atoms with van der Waals surface area (Å²) in [5.41, 5.74) is 0. The number of carbonyl (C=O) groups excluding carboxylic acids is 2. The zero-order valence-corrected chi connectivity index (χ0v) is 35.8. The molecule has 0 aromatic heterocycles. The molecule has 0 saturated carbocycles. The van der Waals surface area contributed by atoms with E-state index in [4.69, 9.17) is 14.2 Å². The molecule has 4 N–H and O–H groups in total. The maximum atomic E-state index is 12.8. The van der Waals surface area contributed by atoms with Crippen molar-refractivity contribution in [2.75, 3.05) is 13.2 Å². The van der Waals surface area contributed by atoms with Crippen LogP contribution in [-0.2, 0) is 23.8 Å². The fraction of sp³-hybridized carbons (Fsp3) is 0.957. The van der Waals surface area contributed by atoms with Crippen LogP contribution in [0.3, 0.4) is 0 Å². The van der Waals surface area contributed by atoms with Crippen molar-refractivity contribution in [3.63, 3.8) is 0 Å². The molecular weight excluding hydrogens is 696 g/mol. The highest BCUT2D eigenvalue weighted by Gasteiger charge is 2.43. The van der Waals surface area contributed by atoms with Crippen LogP contribution in [0.25, 0.3) is 0 Å². The topological polar surface area (TPSA) is 143 Å². The Morgan fingerprint density at radius 3 is 1.22 bits per heavy atom. The van der Waals surface area contributed by atoms with Crippen LogP contribution in [0.1, 0.15) is 232 Å². The molecule has 0 aromatic carbocycles. The van der Waals surface area contributed by atoms with E-state index in [1.54, 1.807) is 0 Å². The van der Waals surface area contributed by atoms with Gasteiger partial charge in [-0.25, -0.2) is 0 Å². The number of esters is 2. The molecule has 9 nitrogen and oxygen atoms in total. The lowest BCUT2D eigenvalue weighted by Gasteiger charge is -2.40. The third kappa shape index (κ3) is 28.7. The Morgan fingerprint density at radius 2 is 0.836 bits per heavy atom. The van der Waals surface area contributed by atoms with Gasteiger partial charge in [0.1, 0.15) is 37.1 Å². The lowest BCUT2D eigenvalue weighted by molar-refractivity contribution is -0.231. The van der Waals surface area contributed by atoms with Crippen LogP contribution >= 0.6 is 0 Å². The average Bonchev–Trinajstić information content (AvgIpc) is 3.18. The van der Waals surface area contributed by atoms with Gasteiger partial charge >= 0.3 is 11.9 Å². The van der Waals surface area contributed by atoms with Gasteiger partial charge in [-0.15, -0.1) is 0 Å². The summed E-state index contributed by atoms with van der Waals surface area (Å²) in [6, 6.07) is 0. The number of rotatable bonds is 39. The van der Waals surface area contributed by atoms with Crippen molar-refractivity contribution in [1.82, 2.24) is 0 Å². The van der Waals surface area contributed by atoms with Crippen molar-refractivity contribution in [3.05, 3.63) is 0 Å². The minimum absolute atomic E-state index is 0.0837. The summed E-state index contributed by atoms with van der Waals surface area (Å²) in [4.78, 5) is 25.4. The second-order valence-corrected chi connectivity index (χ2v) is 16.6. The first-order valence-corrected chi connectivity index (χ1v) is 23.5. The van der Waals surface area contributed by atoms with Crippen molar-refractivity contribution >= 4 is 11.9 Å². The van der Waals surface area contributed by atoms with Gasteiger partial charge in [-0.05, 0) is 25.7 Å². The number of carbonyl (C=O) groups is 2. The molecule has 0 spiro atoms. The largest absolute Gasteiger partial charge is 0.462 e. The molecule has 0 aliphatic carbocycles. The van der Waals surface area contributed by atoms with Gasteiger partial charge in [0, 0.05) is 12.8 Å². The second-order valence-electron chi connectivity index (χ2n) is 16.6. The molecule has 1 aliphatic rings. The molecule has 9 heteroatoms. The smallest absolute Gasteiger partial charge is 0.306 e. The van der Waals surface area contributed by atoms with Crippen LogP contribution in [0.2, 0.25) is 0 Å². The maximum Gasteiger partial charge on any atom is 0.306 e. The molecule has 0 radical (unpaired) electrons. The molecule has 0 unspecified atom stereocenters. The molecule has 1 fully saturated rings. The van der Waals surface area contributed by atoms with E-state index in [2.05, 4.69) is 13.8 Å². The van der Waals surface area contributed by atoms with Crippen LogP contribution in [0.5, 0.6) is 0 Å². The zero-order chi connectivity index (χ0) is 40.2. The van der Waals surface area contributed by atoms with E-state index in [1.165, 1.54) is 154 Å². The van der Waals surface area contributed by atoms with E-state index >= 15 is 0 Å². The SMILES string of the molecule is CCCCCCCCCCCCCCCCCC(=O)OC[C@H](CC[C@@H]1O[C@H](CO)[C@@H](O)[C@H](O)[C@H]1O)OC(=O)CCCCCCCCCCCCCCCCC. The van der Waals surface area contributed by atoms with Crippen LogP contribution < -0.4 is 0 Å². The monoisotopic (exact) mass is 785 g/mol. The Hall–Kier alpha value is -1.26. The van der Waals surface area contributed by atoms with Gasteiger partial charge in [0.15, 0.2) is 0 Å². The first-order valence-electron chi connectivity index (χ1n) is 23.5. The average molecular weight is 785 g/mol. The summed E-state index contributed by atoms with van der Waals surface area (Å²) in [5, 5.41) is 40.4. The minimum atomic E-state index is -1.46. The van der Waals surface area contributed by atoms with Crippen molar-refractivity contribution in [3.8, 4) is 0 Å². The number of aliphatic hydroxyl groups excluding tert-OH is 4. The van der Waals surface area contributed by atoms with Gasteiger partial charge in [0.2, 0.25) is 0 Å². The van der Waals surface area contributed by atoms with Gasteiger partial charge in [-0.3, -0.25) is 9.59 Å². The van der Waals surface area contributed by atoms with E-state index in [0.717, 1.165) is 38.5 Å². The Kier molecular flexibility index (Phi) is 34.9. The molecule has 0 bridgehead atoms. The van der Waals surface area contributed by atoms with E-state index in [1.807, 2.05) is 0 Å². The quantitative estimate of drug-likeness (QED) is 0.0354. The molecule has 0 aromatic rings. The lowest BCUT2D eigenvalue weighted by Crippen LogP contribution is -2.58. The van der Waals surface area contributed by atoms with Gasteiger partial charge in [0.25, 0.3) is 0 Å². The molecule has 326 valence electrons. The molecule has 55 heavy (non-hydrogen) atoms. The molecular formula is C46H88O9. The standard InChI is InChI=1S/C46H88O9/c1-3-5-7-9-11-13-15-17-19-21-23-25-27-29-31-33-42(48)53-38-39(35-36-40-44(50)46(52)45(51)41(37-47)55-40)54-43(49)34-32-30-28-26-24-22-20-18-16-14-12-10-8-6-4-2/h39-41,44-47,50-52H,3-38H2,1-2H3/t39-,40-,41+,44-,45+,46+/m0/s1. The normalized spacial score (nSPS) is 20.4. The fourth-order valence-electron chi connectivity index (χ4n) is 7.73. The zero-order valence-electron chi connectivity index (χ0n) is 35.8. The first kappa shape index (κ1) is 51.8. The van der Waals surface area contributed by atoms with Gasteiger partial charge in [0.05, 0.1) is 12.7 Å². The number of ether oxygens (including phenoxy) is 3. The van der Waals surface area contributed by atoms with E-state index in [0.29, 0.717) is 12.8 Å². The molecule has 1 heterocycles. The van der Waals surface area contributed by atoms with Gasteiger partial charge in [-0.2, -0.15) is 0 Å². The Bertz CT molecular complexity index is 868. The summed E-state index contributed by atoms with van der Waals surface area (Å²) in [5.74, 6) is -0.655. The molecule has 6 atom stereocenters. The Balaban J connectivity index is 2.30. The highest BCUT2D eigenvalue weighted by atomic mass is 16.6. The van der Waals surface area contributed by atoms with Crippen LogP contribution in [0.4, 0.5) is 0 Å². The van der Waals surface area contributed by atoms with E-state index in [9.17, 15) is 30.0 Å². The number of aliphatic hydroxyl groups is 4. The highest BCUT2D eigenvalue weighted by molar-refractivity contribution is 5.70. The third-order valence-electron chi connectivity index (χ3n) is 11.5. The third-order valence-corrected chi connectivity index (χ3v) is 11.5. The maximum absolute atomic E-state index is 12.8. The Labute approximate surface area is 337 Å². The predicted octanol–water partition coefficient (Wildman–Crippen LogP) is 10.6. The summed E-state index contributed by atoms with van der Waals surface area (Å²) in [6.45, 7) is 3.93. The van der Waals surface area contributed by atoms with Crippen molar-refractivity contribution in [1.29, 1.82) is 0 Å². The summed E-state index contributed by atoms with van der Waals surface area (Å²) in [7, 11) is 0. The number of hydrogen-bond acceptors (Lipinski definition) is 9. The molecule has 1 rings (SSSR count). The molecule has 0 amide bonds. The van der Waals surface area contributed by atoms with Crippen LogP contribution in [0.15, 0.2) is 0 Å². The van der Waals surface area contributed by atoms with Crippen LogP contribution in [0, 0.1) is 0 Å². The highest BCUT2D eigenvalue weighted by Crippen LogP contribution is 2.25. The van der Waals surface area contributed by atoms with Gasteiger partial charge in [-0.1, -0.05) is 194 Å². The minimum Gasteiger partial charge on any atom is -0.462 e. The molecule has 1 saturated heterocycles. The number of unbranched alkanes of at least 4 members (excludes halogenated alkanes) is 28. The summed E-state index contributed by atoms with van der Waals surface area (Å²) >= 11 is 0. The number of hydrogen-bond donors (Lipinski definition) is 4. The van der Waals surface area contributed by atoms with Crippen molar-refractivity contribution in [2.24, 2.45) is 0 Å². The van der Waals surface area contributed by atoms with E-state index in [-0.39, 0.29) is 31.4 Å². The fourth-order valence-corrected chi connectivity index (χ4v) is 7.73. The lowest BCUT2D eigenvalue weighted by atomic mass is 9.92. The second kappa shape index (κ2) is 37.0. The Morgan fingerprint density at radius 1 is 0.491 bits per heavy atom. The first-order chi connectivity index (χ1) is 26.8. The van der Waals surface area contributed by atoms with Gasteiger partial charge < -0.3 is 34.6 Å². The summed E-state index contributed by atoms with van der Waals surface area (Å²) in [6.07, 6.45) is 31.8.